The average molecular weight is 368 g/mol. The summed E-state index contributed by atoms with van der Waals surface area (Å²) in [7, 11) is 1.64. The molecule has 1 saturated heterocycles. The molecule has 1 aliphatic heterocycles. The largest absolute Gasteiger partial charge is 0.497 e. The lowest BCUT2D eigenvalue weighted by molar-refractivity contribution is -0.125. The van der Waals surface area contributed by atoms with Gasteiger partial charge in [-0.25, -0.2) is 0 Å². The third kappa shape index (κ3) is 3.15. The molecule has 0 spiro atoms. The maximum absolute atomic E-state index is 12.9. The van der Waals surface area contributed by atoms with Gasteiger partial charge in [-0.1, -0.05) is 6.07 Å². The van der Waals surface area contributed by atoms with Crippen LogP contribution in [0.15, 0.2) is 42.5 Å². The van der Waals surface area contributed by atoms with Crippen LogP contribution in [0.2, 0.25) is 0 Å². The molecule has 26 heavy (non-hydrogen) atoms. The van der Waals surface area contributed by atoms with Gasteiger partial charge < -0.3 is 9.64 Å². The van der Waals surface area contributed by atoms with E-state index in [1.807, 2.05) is 42.2 Å². The van der Waals surface area contributed by atoms with Gasteiger partial charge in [0.1, 0.15) is 16.8 Å². The number of anilines is 1. The summed E-state index contributed by atoms with van der Waals surface area (Å²) in [5.41, 5.74) is 3.91. The van der Waals surface area contributed by atoms with Crippen molar-refractivity contribution in [2.75, 3.05) is 25.1 Å². The molecule has 0 aliphatic carbocycles. The van der Waals surface area contributed by atoms with Crippen LogP contribution in [0.5, 0.6) is 5.75 Å². The first-order valence-corrected chi connectivity index (χ1v) is 9.29. The van der Waals surface area contributed by atoms with Crippen molar-refractivity contribution in [1.82, 2.24) is 13.6 Å². The lowest BCUT2D eigenvalue weighted by Gasteiger charge is -2.39. The Bertz CT molecular complexity index is 925. The number of ether oxygens (including phenoxy) is 1. The number of fused-ring (bicyclic) bond motifs is 1. The minimum atomic E-state index is -0.171. The second-order valence-corrected chi connectivity index (χ2v) is 6.95. The number of nitrogens with zero attached hydrogens (tertiary/aromatic N) is 4. The molecule has 0 bridgehead atoms. The molecule has 2 aromatic carbocycles. The van der Waals surface area contributed by atoms with E-state index < -0.39 is 0 Å². The van der Waals surface area contributed by atoms with Crippen LogP contribution in [0.1, 0.15) is 12.5 Å². The molecule has 1 aromatic heterocycles. The number of hydrogen-bond acceptors (Lipinski definition) is 6. The van der Waals surface area contributed by atoms with Crippen molar-refractivity contribution in [3.63, 3.8) is 0 Å². The number of rotatable bonds is 4. The second kappa shape index (κ2) is 7.01. The van der Waals surface area contributed by atoms with E-state index in [4.69, 9.17) is 4.74 Å². The first kappa shape index (κ1) is 16.9. The Kier molecular flexibility index (Phi) is 4.57. The van der Waals surface area contributed by atoms with Crippen molar-refractivity contribution >= 4 is 34.4 Å². The fourth-order valence-corrected chi connectivity index (χ4v) is 3.83. The van der Waals surface area contributed by atoms with E-state index in [0.717, 1.165) is 41.1 Å². The Labute approximate surface area is 156 Å². The smallest absolute Gasteiger partial charge is 0.244 e. The van der Waals surface area contributed by atoms with Crippen molar-refractivity contribution < 1.29 is 9.53 Å². The summed E-state index contributed by atoms with van der Waals surface area (Å²) in [6.07, 6.45) is 0. The first-order chi connectivity index (χ1) is 12.7. The number of aromatic nitrogens is 2. The topological polar surface area (TPSA) is 58.6 Å². The fraction of sp³-hybridized carbons (Fsp3) is 0.316. The Morgan fingerprint density at radius 3 is 2.65 bits per heavy atom. The molecule has 0 radical (unpaired) electrons. The number of benzene rings is 2. The minimum absolute atomic E-state index is 0.123. The monoisotopic (exact) mass is 368 g/mol. The summed E-state index contributed by atoms with van der Waals surface area (Å²) in [6.45, 7) is 4.21. The van der Waals surface area contributed by atoms with Gasteiger partial charge in [-0.15, -0.1) is 0 Å². The molecular weight excluding hydrogens is 348 g/mol. The first-order valence-electron chi connectivity index (χ1n) is 8.56. The van der Waals surface area contributed by atoms with Gasteiger partial charge in [-0.05, 0) is 48.9 Å². The maximum Gasteiger partial charge on any atom is 0.244 e. The lowest BCUT2D eigenvalue weighted by Crippen LogP contribution is -2.55. The van der Waals surface area contributed by atoms with Crippen LogP contribution in [-0.4, -0.2) is 45.8 Å². The molecule has 1 amide bonds. The van der Waals surface area contributed by atoms with E-state index in [0.29, 0.717) is 6.54 Å². The number of methoxy groups -OCH3 is 1. The minimum Gasteiger partial charge on any atom is -0.497 e. The summed E-state index contributed by atoms with van der Waals surface area (Å²) in [4.78, 5) is 17.0. The van der Waals surface area contributed by atoms with Crippen LogP contribution < -0.4 is 9.64 Å². The summed E-state index contributed by atoms with van der Waals surface area (Å²) < 4.78 is 13.7. The van der Waals surface area contributed by atoms with Crippen LogP contribution in [0.3, 0.4) is 0 Å². The Morgan fingerprint density at radius 1 is 1.12 bits per heavy atom. The Balaban J connectivity index is 1.48. The van der Waals surface area contributed by atoms with Gasteiger partial charge in [0.05, 0.1) is 24.9 Å². The van der Waals surface area contributed by atoms with E-state index in [1.165, 1.54) is 11.7 Å². The number of carbonyl (C=O) groups is 1. The van der Waals surface area contributed by atoms with Gasteiger partial charge in [0.15, 0.2) is 0 Å². The van der Waals surface area contributed by atoms with E-state index in [1.54, 1.807) is 7.11 Å². The van der Waals surface area contributed by atoms with Crippen molar-refractivity contribution in [1.29, 1.82) is 0 Å². The van der Waals surface area contributed by atoms with Crippen molar-refractivity contribution in [2.24, 2.45) is 0 Å². The summed E-state index contributed by atoms with van der Waals surface area (Å²) in [5.74, 6) is 0.914. The molecule has 134 valence electrons. The van der Waals surface area contributed by atoms with Crippen molar-refractivity contribution in [3.8, 4) is 5.75 Å². The van der Waals surface area contributed by atoms with Crippen molar-refractivity contribution in [3.05, 3.63) is 48.0 Å². The lowest BCUT2D eigenvalue weighted by atomic mass is 10.1. The van der Waals surface area contributed by atoms with Gasteiger partial charge in [0.25, 0.3) is 0 Å². The molecule has 3 aromatic rings. The highest BCUT2D eigenvalue weighted by molar-refractivity contribution is 7.00. The van der Waals surface area contributed by atoms with E-state index in [-0.39, 0.29) is 11.9 Å². The molecule has 0 unspecified atom stereocenters. The zero-order valence-electron chi connectivity index (χ0n) is 14.8. The van der Waals surface area contributed by atoms with Gasteiger partial charge in [-0.3, -0.25) is 9.69 Å². The number of hydrogen-bond donors (Lipinski definition) is 0. The normalized spacial score (nSPS) is 18.5. The molecule has 1 aliphatic rings. The van der Waals surface area contributed by atoms with E-state index >= 15 is 0 Å². The maximum atomic E-state index is 12.9. The highest BCUT2D eigenvalue weighted by Crippen LogP contribution is 2.24. The number of carbonyl (C=O) groups excluding carboxylic acids is 1. The SMILES string of the molecule is COc1ccc(N2CCN(Cc3ccc4nsnc4c3)[C@@H](C)C2=O)cc1. The summed E-state index contributed by atoms with van der Waals surface area (Å²) >= 11 is 1.23. The predicted octanol–water partition coefficient (Wildman–Crippen LogP) is 2.94. The summed E-state index contributed by atoms with van der Waals surface area (Å²) in [6, 6.07) is 13.6. The highest BCUT2D eigenvalue weighted by Gasteiger charge is 2.32. The van der Waals surface area contributed by atoms with Crippen LogP contribution in [0, 0.1) is 0 Å². The molecular formula is C19H20N4O2S. The van der Waals surface area contributed by atoms with Gasteiger partial charge in [0, 0.05) is 25.3 Å². The molecule has 7 heteroatoms. The van der Waals surface area contributed by atoms with Crippen molar-refractivity contribution in [2.45, 2.75) is 19.5 Å². The molecule has 2 heterocycles. The number of piperazine rings is 1. The molecule has 1 atom stereocenters. The average Bonchev–Trinajstić information content (AvgIpc) is 3.14. The van der Waals surface area contributed by atoms with Crippen LogP contribution in [-0.2, 0) is 11.3 Å². The van der Waals surface area contributed by atoms with E-state index in [2.05, 4.69) is 25.8 Å². The Hall–Kier alpha value is -2.51. The van der Waals surface area contributed by atoms with Gasteiger partial charge in [-0.2, -0.15) is 8.75 Å². The molecule has 6 nitrogen and oxygen atoms in total. The quantitative estimate of drug-likeness (QED) is 0.709. The molecule has 0 N–H and O–H groups in total. The fourth-order valence-electron chi connectivity index (χ4n) is 3.31. The summed E-state index contributed by atoms with van der Waals surface area (Å²) in [5, 5.41) is 0. The van der Waals surface area contributed by atoms with Crippen LogP contribution in [0.4, 0.5) is 5.69 Å². The molecule has 4 rings (SSSR count). The van der Waals surface area contributed by atoms with Crippen LogP contribution in [0.25, 0.3) is 11.0 Å². The standard InChI is InChI=1S/C19H20N4O2S/c1-13-19(24)23(15-4-6-16(25-2)7-5-15)10-9-22(13)12-14-3-8-17-18(11-14)21-26-20-17/h3-8,11,13H,9-10,12H2,1-2H3/t13-/m0/s1. The van der Waals surface area contributed by atoms with Gasteiger partial charge >= 0.3 is 0 Å². The van der Waals surface area contributed by atoms with Crippen LogP contribution >= 0.6 is 11.7 Å². The predicted molar refractivity (Wildman–Crippen MR) is 103 cm³/mol. The highest BCUT2D eigenvalue weighted by atomic mass is 32.1. The zero-order valence-corrected chi connectivity index (χ0v) is 15.6. The zero-order chi connectivity index (χ0) is 18.1. The molecule has 0 saturated carbocycles. The molecule has 1 fully saturated rings. The third-order valence-electron chi connectivity index (χ3n) is 4.87. The van der Waals surface area contributed by atoms with E-state index in [9.17, 15) is 4.79 Å². The second-order valence-electron chi connectivity index (χ2n) is 6.42. The van der Waals surface area contributed by atoms with Gasteiger partial charge in [0.2, 0.25) is 5.91 Å². The number of amides is 1. The third-order valence-corrected chi connectivity index (χ3v) is 5.43. The Morgan fingerprint density at radius 2 is 1.88 bits per heavy atom.